The molecule has 6 nitrogen and oxygen atoms in total. The Bertz CT molecular complexity index is 1620. The van der Waals surface area contributed by atoms with Crippen LogP contribution in [0.5, 0.6) is 0 Å². The number of amides is 1. The van der Waals surface area contributed by atoms with Crippen LogP contribution in [0.25, 0.3) is 10.2 Å². The van der Waals surface area contributed by atoms with Gasteiger partial charge in [0.05, 0.1) is 31.7 Å². The van der Waals surface area contributed by atoms with E-state index in [0.717, 1.165) is 24.3 Å². The molecule has 172 valence electrons. The molecular weight excluding hydrogens is 520 g/mol. The van der Waals surface area contributed by atoms with Gasteiger partial charge in [-0.3, -0.25) is 9.52 Å². The van der Waals surface area contributed by atoms with Crippen molar-refractivity contribution in [1.29, 1.82) is 0 Å². The minimum Gasteiger partial charge on any atom is -0.303 e. The largest absolute Gasteiger partial charge is 0.303 e. The summed E-state index contributed by atoms with van der Waals surface area (Å²) >= 11 is 13.8. The fourth-order valence-electron chi connectivity index (χ4n) is 3.09. The molecule has 4 rings (SSSR count). The van der Waals surface area contributed by atoms with Crippen LogP contribution >= 0.6 is 34.5 Å². The third-order valence-electron chi connectivity index (χ3n) is 4.68. The van der Waals surface area contributed by atoms with Crippen molar-refractivity contribution in [2.24, 2.45) is 4.99 Å². The van der Waals surface area contributed by atoms with E-state index < -0.39 is 21.7 Å². The van der Waals surface area contributed by atoms with Crippen LogP contribution in [0.4, 0.5) is 10.1 Å². The van der Waals surface area contributed by atoms with Crippen LogP contribution in [0.2, 0.25) is 10.0 Å². The van der Waals surface area contributed by atoms with E-state index in [1.165, 1.54) is 35.6 Å². The summed E-state index contributed by atoms with van der Waals surface area (Å²) in [5.41, 5.74) is 1.05. The number of nitrogens with one attached hydrogen (secondary N) is 1. The van der Waals surface area contributed by atoms with Gasteiger partial charge in [-0.25, -0.2) is 12.8 Å². The average molecular weight is 534 g/mol. The first-order valence-corrected chi connectivity index (χ1v) is 12.6. The Balaban J connectivity index is 1.64. The molecule has 4 aromatic rings. The summed E-state index contributed by atoms with van der Waals surface area (Å²) in [5, 5.41) is 0.888. The second kappa shape index (κ2) is 9.60. The smallest absolute Gasteiger partial charge is 0.279 e. The van der Waals surface area contributed by atoms with Gasteiger partial charge in [0.2, 0.25) is 0 Å². The van der Waals surface area contributed by atoms with Crippen LogP contribution < -0.4 is 9.52 Å². The van der Waals surface area contributed by atoms with Gasteiger partial charge in [-0.1, -0.05) is 40.5 Å². The van der Waals surface area contributed by atoms with Crippen molar-refractivity contribution < 1.29 is 17.6 Å². The standard InChI is InChI=1S/C23H14Cl2FN3O3S2/c1-2-13-29-20-18(24)11-12-19(25)21(20)33-23(29)27-22(30)14-3-7-16(8-4-14)28-34(31,32)17-9-5-15(26)6-10-17/h1,3-12,28H,13H2. The summed E-state index contributed by atoms with van der Waals surface area (Å²) in [5.74, 6) is 1.42. The predicted octanol–water partition coefficient (Wildman–Crippen LogP) is 5.32. The highest BCUT2D eigenvalue weighted by Crippen LogP contribution is 2.31. The van der Waals surface area contributed by atoms with E-state index in [2.05, 4.69) is 15.6 Å². The molecule has 1 heterocycles. The Morgan fingerprint density at radius 2 is 1.71 bits per heavy atom. The van der Waals surface area contributed by atoms with E-state index >= 15 is 0 Å². The third kappa shape index (κ3) is 4.86. The van der Waals surface area contributed by atoms with Gasteiger partial charge in [0.1, 0.15) is 5.82 Å². The quantitative estimate of drug-likeness (QED) is 0.352. The van der Waals surface area contributed by atoms with Gasteiger partial charge < -0.3 is 4.57 Å². The zero-order chi connectivity index (χ0) is 24.5. The van der Waals surface area contributed by atoms with Crippen molar-refractivity contribution in [3.05, 3.63) is 86.9 Å². The summed E-state index contributed by atoms with van der Waals surface area (Å²) in [4.78, 5) is 17.2. The number of nitrogens with zero attached hydrogens (tertiary/aromatic N) is 2. The van der Waals surface area contributed by atoms with Gasteiger partial charge in [0.25, 0.3) is 15.9 Å². The van der Waals surface area contributed by atoms with Crippen LogP contribution in [-0.2, 0) is 16.6 Å². The Hall–Kier alpha value is -3.16. The Morgan fingerprint density at radius 1 is 1.06 bits per heavy atom. The molecule has 0 unspecified atom stereocenters. The highest BCUT2D eigenvalue weighted by molar-refractivity contribution is 7.92. The molecule has 3 aromatic carbocycles. The van der Waals surface area contributed by atoms with Crippen molar-refractivity contribution >= 4 is 66.4 Å². The highest BCUT2D eigenvalue weighted by atomic mass is 35.5. The lowest BCUT2D eigenvalue weighted by Crippen LogP contribution is -2.16. The molecule has 0 saturated carbocycles. The first-order valence-electron chi connectivity index (χ1n) is 9.58. The molecule has 1 amide bonds. The third-order valence-corrected chi connectivity index (χ3v) is 7.92. The van der Waals surface area contributed by atoms with Crippen molar-refractivity contribution in [3.63, 3.8) is 0 Å². The van der Waals surface area contributed by atoms with E-state index in [0.29, 0.717) is 25.1 Å². The fraction of sp³-hybridized carbons (Fsp3) is 0.0435. The Kier molecular flexibility index (Phi) is 6.77. The maximum atomic E-state index is 13.1. The summed E-state index contributed by atoms with van der Waals surface area (Å²) in [7, 11) is -3.92. The van der Waals surface area contributed by atoms with E-state index in [9.17, 15) is 17.6 Å². The Labute approximate surface area is 208 Å². The molecule has 0 spiro atoms. The molecule has 0 aliphatic heterocycles. The minimum absolute atomic E-state index is 0.0933. The molecule has 1 aromatic heterocycles. The van der Waals surface area contributed by atoms with Gasteiger partial charge >= 0.3 is 0 Å². The lowest BCUT2D eigenvalue weighted by atomic mass is 10.2. The summed E-state index contributed by atoms with van der Waals surface area (Å²) < 4.78 is 42.6. The Morgan fingerprint density at radius 3 is 2.35 bits per heavy atom. The first kappa shape index (κ1) is 24.0. The van der Waals surface area contributed by atoms with Gasteiger partial charge in [0, 0.05) is 11.3 Å². The molecule has 0 bridgehead atoms. The molecule has 0 radical (unpaired) electrons. The predicted molar refractivity (Wildman–Crippen MR) is 132 cm³/mol. The van der Waals surface area contributed by atoms with Crippen molar-refractivity contribution in [2.45, 2.75) is 11.4 Å². The van der Waals surface area contributed by atoms with Gasteiger partial charge in [-0.15, -0.1) is 6.42 Å². The van der Waals surface area contributed by atoms with Gasteiger partial charge in [-0.05, 0) is 60.7 Å². The molecule has 1 N–H and O–H groups in total. The SMILES string of the molecule is C#CCn1c(=NC(=O)c2ccc(NS(=O)(=O)c3ccc(F)cc3)cc2)sc2c(Cl)ccc(Cl)c21. The second-order valence-electron chi connectivity index (χ2n) is 6.94. The number of carbonyl (C=O) groups is 1. The molecule has 34 heavy (non-hydrogen) atoms. The lowest BCUT2D eigenvalue weighted by Gasteiger charge is -2.08. The number of sulfonamides is 1. The summed E-state index contributed by atoms with van der Waals surface area (Å²) in [6, 6.07) is 13.4. The normalized spacial score (nSPS) is 12.0. The first-order chi connectivity index (χ1) is 16.2. The number of terminal acetylenes is 1. The fourth-order valence-corrected chi connectivity index (χ4v) is 5.80. The molecule has 0 atom stereocenters. The monoisotopic (exact) mass is 533 g/mol. The molecule has 0 aliphatic carbocycles. The number of aromatic nitrogens is 1. The van der Waals surface area contributed by atoms with Crippen LogP contribution in [-0.4, -0.2) is 18.9 Å². The van der Waals surface area contributed by atoms with Crippen molar-refractivity contribution in [2.75, 3.05) is 4.72 Å². The number of halogens is 3. The minimum atomic E-state index is -3.92. The van der Waals surface area contributed by atoms with Gasteiger partial charge in [-0.2, -0.15) is 4.99 Å². The van der Waals surface area contributed by atoms with Gasteiger partial charge in [0.15, 0.2) is 4.80 Å². The van der Waals surface area contributed by atoms with Crippen LogP contribution in [0.15, 0.2) is 70.6 Å². The zero-order valence-corrected chi connectivity index (χ0v) is 20.3. The highest BCUT2D eigenvalue weighted by Gasteiger charge is 2.16. The molecule has 0 aliphatic rings. The molecule has 0 fully saturated rings. The molecule has 11 heteroatoms. The number of anilines is 1. The maximum Gasteiger partial charge on any atom is 0.279 e. The number of carbonyl (C=O) groups excluding carboxylic acids is 1. The second-order valence-corrected chi connectivity index (χ2v) is 10.4. The summed E-state index contributed by atoms with van der Waals surface area (Å²) in [6.45, 7) is 0.135. The van der Waals surface area contributed by atoms with E-state index in [1.807, 2.05) is 0 Å². The van der Waals surface area contributed by atoms with E-state index in [4.69, 9.17) is 29.6 Å². The van der Waals surface area contributed by atoms with Crippen LogP contribution in [0.1, 0.15) is 10.4 Å². The van der Waals surface area contributed by atoms with E-state index in [1.54, 1.807) is 16.7 Å². The number of benzene rings is 3. The van der Waals surface area contributed by atoms with Crippen molar-refractivity contribution in [3.8, 4) is 12.3 Å². The maximum absolute atomic E-state index is 13.1. The number of hydrogen-bond donors (Lipinski definition) is 1. The van der Waals surface area contributed by atoms with E-state index in [-0.39, 0.29) is 22.7 Å². The zero-order valence-electron chi connectivity index (χ0n) is 17.1. The summed E-state index contributed by atoms with van der Waals surface area (Å²) in [6.07, 6.45) is 5.48. The van der Waals surface area contributed by atoms with Crippen LogP contribution in [0.3, 0.4) is 0 Å². The molecular formula is C23H14Cl2FN3O3S2. The average Bonchev–Trinajstić information content (AvgIpc) is 3.16. The molecule has 0 saturated heterocycles. The number of rotatable bonds is 5. The number of thiazole rings is 1. The number of fused-ring (bicyclic) bond motifs is 1. The number of hydrogen-bond acceptors (Lipinski definition) is 4. The topological polar surface area (TPSA) is 80.5 Å². The van der Waals surface area contributed by atoms with Crippen LogP contribution in [0, 0.1) is 18.2 Å². The van der Waals surface area contributed by atoms with Crippen molar-refractivity contribution in [1.82, 2.24) is 4.57 Å². The lowest BCUT2D eigenvalue weighted by molar-refractivity contribution is 0.0998.